The largest absolute Gasteiger partial charge is 0.324 e. The summed E-state index contributed by atoms with van der Waals surface area (Å²) in [6.45, 7) is 3.49. The number of benzene rings is 2. The molecular formula is C20H17ClFN5O3. The molecule has 0 radical (unpaired) electrons. The number of carbonyl (C=O) groups excluding carboxylic acids is 3. The first-order valence-corrected chi connectivity index (χ1v) is 9.52. The molecule has 0 spiro atoms. The Kier molecular flexibility index (Phi) is 4.98. The maximum absolute atomic E-state index is 13.4. The van der Waals surface area contributed by atoms with E-state index in [0.29, 0.717) is 5.69 Å². The van der Waals surface area contributed by atoms with Crippen LogP contribution in [0.25, 0.3) is 0 Å². The van der Waals surface area contributed by atoms with Gasteiger partial charge in [0.05, 0.1) is 10.7 Å². The second kappa shape index (κ2) is 7.49. The molecule has 2 aliphatic heterocycles. The first-order chi connectivity index (χ1) is 14.3. The van der Waals surface area contributed by atoms with Gasteiger partial charge in [0, 0.05) is 5.69 Å². The molecule has 30 heavy (non-hydrogen) atoms. The summed E-state index contributed by atoms with van der Waals surface area (Å²) in [6.07, 6.45) is 0. The van der Waals surface area contributed by atoms with E-state index in [9.17, 15) is 18.8 Å². The van der Waals surface area contributed by atoms with Gasteiger partial charge in [-0.3, -0.25) is 19.4 Å². The Morgan fingerprint density at radius 2 is 1.87 bits per heavy atom. The molecular weight excluding hydrogens is 413 g/mol. The van der Waals surface area contributed by atoms with Crippen molar-refractivity contribution in [2.24, 2.45) is 10.3 Å². The highest BCUT2D eigenvalue weighted by molar-refractivity contribution is 6.32. The number of carbonyl (C=O) groups is 3. The first-order valence-electron chi connectivity index (χ1n) is 9.14. The van der Waals surface area contributed by atoms with Gasteiger partial charge in [0.1, 0.15) is 12.4 Å². The second-order valence-electron chi connectivity index (χ2n) is 7.12. The summed E-state index contributed by atoms with van der Waals surface area (Å²) in [5, 5.41) is 11.5. The molecule has 1 saturated heterocycles. The first kappa shape index (κ1) is 20.0. The summed E-state index contributed by atoms with van der Waals surface area (Å²) in [4.78, 5) is 39.1. The number of rotatable bonds is 4. The number of anilines is 2. The molecule has 1 N–H and O–H groups in total. The lowest BCUT2D eigenvalue weighted by atomic mass is 10.1. The zero-order valence-corrected chi connectivity index (χ0v) is 16.9. The highest BCUT2D eigenvalue weighted by atomic mass is 35.5. The van der Waals surface area contributed by atoms with Gasteiger partial charge in [0.2, 0.25) is 5.91 Å². The van der Waals surface area contributed by atoms with Gasteiger partial charge in [-0.1, -0.05) is 35.0 Å². The average Bonchev–Trinajstić information content (AvgIpc) is 3.21. The predicted molar refractivity (Wildman–Crippen MR) is 108 cm³/mol. The Morgan fingerprint density at radius 1 is 1.17 bits per heavy atom. The molecule has 0 unspecified atom stereocenters. The molecule has 0 bridgehead atoms. The minimum atomic E-state index is -1.06. The molecule has 2 aromatic rings. The predicted octanol–water partition coefficient (Wildman–Crippen LogP) is 3.03. The van der Waals surface area contributed by atoms with E-state index in [1.54, 1.807) is 0 Å². The van der Waals surface area contributed by atoms with Gasteiger partial charge in [-0.25, -0.2) is 9.29 Å². The van der Waals surface area contributed by atoms with Crippen LogP contribution in [-0.4, -0.2) is 41.4 Å². The van der Waals surface area contributed by atoms with Crippen molar-refractivity contribution in [1.29, 1.82) is 0 Å². The van der Waals surface area contributed by atoms with Gasteiger partial charge in [-0.2, -0.15) is 5.11 Å². The van der Waals surface area contributed by atoms with E-state index in [0.717, 1.165) is 22.1 Å². The van der Waals surface area contributed by atoms with Crippen molar-refractivity contribution in [1.82, 2.24) is 5.01 Å². The van der Waals surface area contributed by atoms with Crippen molar-refractivity contribution in [3.8, 4) is 0 Å². The molecule has 2 aliphatic rings. The van der Waals surface area contributed by atoms with E-state index in [-0.39, 0.29) is 17.3 Å². The summed E-state index contributed by atoms with van der Waals surface area (Å²) in [5.74, 6) is -2.26. The van der Waals surface area contributed by atoms with Gasteiger partial charge in [-0.05, 0) is 43.2 Å². The van der Waals surface area contributed by atoms with Crippen LogP contribution in [0.15, 0.2) is 46.7 Å². The van der Waals surface area contributed by atoms with Crippen LogP contribution >= 0.6 is 11.6 Å². The standard InChI is InChI=1S/C20H17ClFN5O3/c1-10-4-3-5-11(2)16(10)23-15(28)9-26-18-17(24-25-26)19(29)27(20(18)30)12-6-7-14(22)13(21)8-12/h3-8,17-18H,9H2,1-2H3,(H,23,28)/t17-,18+/m1/s1. The Hall–Kier alpha value is -3.33. The lowest BCUT2D eigenvalue weighted by Gasteiger charge is -2.21. The van der Waals surface area contributed by atoms with E-state index < -0.39 is 35.6 Å². The third kappa shape index (κ3) is 3.30. The van der Waals surface area contributed by atoms with E-state index in [2.05, 4.69) is 15.7 Å². The number of amides is 3. The summed E-state index contributed by atoms with van der Waals surface area (Å²) >= 11 is 5.78. The Morgan fingerprint density at radius 3 is 2.53 bits per heavy atom. The van der Waals surface area contributed by atoms with Gasteiger partial charge in [-0.15, -0.1) is 0 Å². The van der Waals surface area contributed by atoms with Crippen LogP contribution in [0.2, 0.25) is 5.02 Å². The molecule has 2 aromatic carbocycles. The molecule has 4 rings (SSSR count). The molecule has 2 atom stereocenters. The normalized spacial score (nSPS) is 20.1. The van der Waals surface area contributed by atoms with Crippen molar-refractivity contribution < 1.29 is 18.8 Å². The van der Waals surface area contributed by atoms with Crippen LogP contribution in [-0.2, 0) is 14.4 Å². The topological polar surface area (TPSA) is 94.4 Å². The molecule has 3 amide bonds. The zero-order valence-electron chi connectivity index (χ0n) is 16.1. The third-order valence-corrected chi connectivity index (χ3v) is 5.36. The van der Waals surface area contributed by atoms with E-state index >= 15 is 0 Å². The van der Waals surface area contributed by atoms with Crippen molar-refractivity contribution in [3.05, 3.63) is 58.4 Å². The molecule has 2 heterocycles. The van der Waals surface area contributed by atoms with E-state index in [1.165, 1.54) is 17.1 Å². The summed E-state index contributed by atoms with van der Waals surface area (Å²) in [7, 11) is 0. The Bertz CT molecular complexity index is 1090. The van der Waals surface area contributed by atoms with Crippen molar-refractivity contribution >= 4 is 40.7 Å². The number of nitrogens with zero attached hydrogens (tertiary/aromatic N) is 4. The Labute approximate surface area is 176 Å². The van der Waals surface area contributed by atoms with Crippen molar-refractivity contribution in [2.75, 3.05) is 16.8 Å². The van der Waals surface area contributed by atoms with Crippen LogP contribution in [0.1, 0.15) is 11.1 Å². The number of imide groups is 1. The number of hydrogen-bond acceptors (Lipinski definition) is 6. The number of para-hydroxylation sites is 1. The molecule has 8 nitrogen and oxygen atoms in total. The van der Waals surface area contributed by atoms with Crippen LogP contribution in [0.5, 0.6) is 0 Å². The number of hydrogen-bond donors (Lipinski definition) is 1. The molecule has 0 saturated carbocycles. The Balaban J connectivity index is 1.52. The van der Waals surface area contributed by atoms with Gasteiger partial charge in [0.15, 0.2) is 12.1 Å². The highest BCUT2D eigenvalue weighted by Crippen LogP contribution is 2.33. The van der Waals surface area contributed by atoms with Crippen LogP contribution in [0.3, 0.4) is 0 Å². The molecule has 0 aromatic heterocycles. The summed E-state index contributed by atoms with van der Waals surface area (Å²) in [6, 6.07) is 7.09. The summed E-state index contributed by atoms with van der Waals surface area (Å²) < 4.78 is 13.4. The van der Waals surface area contributed by atoms with E-state index in [4.69, 9.17) is 11.6 Å². The minimum Gasteiger partial charge on any atom is -0.324 e. The smallest absolute Gasteiger partial charge is 0.263 e. The summed E-state index contributed by atoms with van der Waals surface area (Å²) in [5.41, 5.74) is 2.62. The maximum Gasteiger partial charge on any atom is 0.263 e. The fraction of sp³-hybridized carbons (Fsp3) is 0.250. The van der Waals surface area contributed by atoms with Crippen molar-refractivity contribution in [3.63, 3.8) is 0 Å². The maximum atomic E-state index is 13.4. The molecule has 0 aliphatic carbocycles. The van der Waals surface area contributed by atoms with Crippen molar-refractivity contribution in [2.45, 2.75) is 25.9 Å². The van der Waals surface area contributed by atoms with Gasteiger partial charge in [0.25, 0.3) is 11.8 Å². The molecule has 154 valence electrons. The second-order valence-corrected chi connectivity index (χ2v) is 7.52. The monoisotopic (exact) mass is 429 g/mol. The lowest BCUT2D eigenvalue weighted by molar-refractivity contribution is -0.123. The quantitative estimate of drug-likeness (QED) is 0.756. The highest BCUT2D eigenvalue weighted by Gasteiger charge is 2.55. The van der Waals surface area contributed by atoms with Gasteiger partial charge < -0.3 is 5.32 Å². The van der Waals surface area contributed by atoms with Crippen LogP contribution < -0.4 is 10.2 Å². The average molecular weight is 430 g/mol. The zero-order chi connectivity index (χ0) is 21.6. The van der Waals surface area contributed by atoms with Crippen LogP contribution in [0, 0.1) is 19.7 Å². The number of aryl methyl sites for hydroxylation is 2. The fourth-order valence-electron chi connectivity index (χ4n) is 3.57. The third-order valence-electron chi connectivity index (χ3n) is 5.07. The molecule has 1 fully saturated rings. The number of halogens is 2. The van der Waals surface area contributed by atoms with E-state index in [1.807, 2.05) is 32.0 Å². The fourth-order valence-corrected chi connectivity index (χ4v) is 3.74. The van der Waals surface area contributed by atoms with Gasteiger partial charge >= 0.3 is 0 Å². The minimum absolute atomic E-state index is 0.140. The number of fused-ring (bicyclic) bond motifs is 1. The lowest BCUT2D eigenvalue weighted by Crippen LogP contribution is -2.43. The van der Waals surface area contributed by atoms with Crippen LogP contribution in [0.4, 0.5) is 15.8 Å². The molecule has 10 heteroatoms. The number of nitrogens with one attached hydrogen (secondary N) is 1. The SMILES string of the molecule is Cc1cccc(C)c1NC(=O)CN1N=N[C@H]2C(=O)N(c3ccc(F)c(Cl)c3)C(=O)[C@H]21.